The molecule has 1 atom stereocenters. The van der Waals surface area contributed by atoms with Crippen molar-refractivity contribution in [3.05, 3.63) is 48.6 Å². The van der Waals surface area contributed by atoms with Crippen LogP contribution in [0.4, 0.5) is 4.79 Å². The SMILES string of the molecule is CCCCC/C=C\C/C=C\CCCCCCCC(=O)OCC(COC(=O)CCCCCCC/C=C\C/C=C\CCCCC)OC(=O)CC[C@@H](CCCCCC)OC(=O)NCCN1CCCC1. The minimum Gasteiger partial charge on any atom is -0.462 e. The van der Waals surface area contributed by atoms with E-state index in [1.165, 1.54) is 64.2 Å². The molecule has 1 fully saturated rings. The Balaban J connectivity index is 2.54. The second kappa shape index (κ2) is 46.7. The van der Waals surface area contributed by atoms with E-state index in [0.29, 0.717) is 19.4 Å². The van der Waals surface area contributed by atoms with E-state index < -0.39 is 24.3 Å². The van der Waals surface area contributed by atoms with Gasteiger partial charge in [-0.25, -0.2) is 4.79 Å². The molecule has 0 aromatic carbocycles. The van der Waals surface area contributed by atoms with Gasteiger partial charge in [-0.15, -0.1) is 0 Å². The monoisotopic (exact) mass is 927 g/mol. The van der Waals surface area contributed by atoms with Crippen LogP contribution < -0.4 is 5.32 Å². The Hall–Kier alpha value is -3.40. The number of amides is 1. The van der Waals surface area contributed by atoms with Crippen LogP contribution in [0.3, 0.4) is 0 Å². The van der Waals surface area contributed by atoms with Gasteiger partial charge in [-0.3, -0.25) is 14.4 Å². The number of alkyl carbamates (subject to hydrolysis) is 1. The van der Waals surface area contributed by atoms with E-state index in [-0.39, 0.29) is 44.4 Å². The van der Waals surface area contributed by atoms with E-state index in [4.69, 9.17) is 18.9 Å². The first-order valence-corrected chi connectivity index (χ1v) is 27.1. The highest BCUT2D eigenvalue weighted by Gasteiger charge is 2.22. The fourth-order valence-corrected chi connectivity index (χ4v) is 7.89. The maximum absolute atomic E-state index is 13.2. The number of carbonyl (C=O) groups excluding carboxylic acids is 4. The van der Waals surface area contributed by atoms with Gasteiger partial charge in [-0.05, 0) is 122 Å². The number of hydrogen-bond donors (Lipinski definition) is 1. The lowest BCUT2D eigenvalue weighted by atomic mass is 10.1. The van der Waals surface area contributed by atoms with E-state index in [0.717, 1.165) is 135 Å². The quantitative estimate of drug-likeness (QED) is 0.0275. The van der Waals surface area contributed by atoms with Gasteiger partial charge in [0.25, 0.3) is 0 Å². The summed E-state index contributed by atoms with van der Waals surface area (Å²) >= 11 is 0. The molecule has 0 aliphatic carbocycles. The van der Waals surface area contributed by atoms with Gasteiger partial charge < -0.3 is 29.2 Å². The molecular weight excluding hydrogens is 829 g/mol. The van der Waals surface area contributed by atoms with Crippen LogP contribution in [-0.4, -0.2) is 80.5 Å². The summed E-state index contributed by atoms with van der Waals surface area (Å²) in [6.07, 6.45) is 48.6. The molecule has 0 aromatic heterocycles. The minimum absolute atomic E-state index is 0.0236. The second-order valence-electron chi connectivity index (χ2n) is 18.3. The number of ether oxygens (including phenoxy) is 4. The third kappa shape index (κ3) is 40.8. The van der Waals surface area contributed by atoms with Crippen molar-refractivity contribution in [1.82, 2.24) is 10.2 Å². The molecule has 1 aliphatic heterocycles. The van der Waals surface area contributed by atoms with Gasteiger partial charge in [-0.2, -0.15) is 0 Å². The smallest absolute Gasteiger partial charge is 0.407 e. The fourth-order valence-electron chi connectivity index (χ4n) is 7.89. The van der Waals surface area contributed by atoms with E-state index in [2.05, 4.69) is 79.6 Å². The van der Waals surface area contributed by atoms with E-state index in [1.54, 1.807) is 0 Å². The molecule has 10 heteroatoms. The highest BCUT2D eigenvalue weighted by Crippen LogP contribution is 2.16. The van der Waals surface area contributed by atoms with Crippen molar-refractivity contribution >= 4 is 24.0 Å². The van der Waals surface area contributed by atoms with Gasteiger partial charge in [0.15, 0.2) is 6.10 Å². The second-order valence-corrected chi connectivity index (χ2v) is 18.3. The third-order valence-corrected chi connectivity index (χ3v) is 12.0. The Morgan fingerprint density at radius 2 is 0.909 bits per heavy atom. The molecule has 1 heterocycles. The summed E-state index contributed by atoms with van der Waals surface area (Å²) < 4.78 is 22.7. The molecule has 1 aliphatic rings. The van der Waals surface area contributed by atoms with Crippen molar-refractivity contribution in [2.24, 2.45) is 0 Å². The van der Waals surface area contributed by atoms with Gasteiger partial charge in [0.1, 0.15) is 19.3 Å². The van der Waals surface area contributed by atoms with Crippen LogP contribution in [0.15, 0.2) is 48.6 Å². The summed E-state index contributed by atoms with van der Waals surface area (Å²) in [7, 11) is 0. The van der Waals surface area contributed by atoms with Crippen molar-refractivity contribution in [2.75, 3.05) is 39.4 Å². The van der Waals surface area contributed by atoms with Gasteiger partial charge in [0.2, 0.25) is 0 Å². The lowest BCUT2D eigenvalue weighted by molar-refractivity contribution is -0.167. The van der Waals surface area contributed by atoms with Crippen LogP contribution in [0, 0.1) is 0 Å². The molecule has 10 nitrogen and oxygen atoms in total. The standard InChI is InChI=1S/C56H98N2O8/c1-4-7-10-13-15-17-19-21-23-25-27-29-31-33-36-41-53(59)63-49-52(50-64-54(60)42-37-34-32-30-28-26-24-22-20-18-16-14-11-8-5-2)65-55(61)44-43-51(40-35-12-9-6-3)66-56(62)57-45-48-58-46-38-39-47-58/h15-18,21-24,51-52H,4-14,19-20,25-50H2,1-3H3,(H,57,62)/b17-15-,18-16-,23-21-,24-22-/t51-/m1/s1. The molecule has 0 aromatic rings. The van der Waals surface area contributed by atoms with Crippen LogP contribution in [0.5, 0.6) is 0 Å². The van der Waals surface area contributed by atoms with Crippen LogP contribution >= 0.6 is 0 Å². The number of likely N-dealkylation sites (tertiary alicyclic amines) is 1. The Morgan fingerprint density at radius 1 is 0.470 bits per heavy atom. The number of unbranched alkanes of at least 4 members (excludes halogenated alkanes) is 19. The Bertz CT molecular complexity index is 1230. The number of nitrogens with one attached hydrogen (secondary N) is 1. The summed E-state index contributed by atoms with van der Waals surface area (Å²) in [5.74, 6) is -1.21. The highest BCUT2D eigenvalue weighted by molar-refractivity contribution is 5.71. The molecule has 66 heavy (non-hydrogen) atoms. The van der Waals surface area contributed by atoms with E-state index >= 15 is 0 Å². The molecule has 0 spiro atoms. The molecule has 1 saturated heterocycles. The van der Waals surface area contributed by atoms with E-state index in [9.17, 15) is 19.2 Å². The average molecular weight is 927 g/mol. The molecular formula is C56H98N2O8. The van der Waals surface area contributed by atoms with Crippen LogP contribution in [-0.2, 0) is 33.3 Å². The van der Waals surface area contributed by atoms with Gasteiger partial charge >= 0.3 is 24.0 Å². The molecule has 1 rings (SSSR count). The summed E-state index contributed by atoms with van der Waals surface area (Å²) in [6, 6.07) is 0. The average Bonchev–Trinajstić information content (AvgIpc) is 3.84. The molecule has 1 N–H and O–H groups in total. The fraction of sp³-hybridized carbons (Fsp3) is 0.786. The summed E-state index contributed by atoms with van der Waals surface area (Å²) in [6.45, 7) is 9.69. The molecule has 0 bridgehead atoms. The molecule has 380 valence electrons. The zero-order valence-electron chi connectivity index (χ0n) is 42.6. The van der Waals surface area contributed by atoms with Crippen molar-refractivity contribution < 1.29 is 38.1 Å². The number of nitrogens with zero attached hydrogens (tertiary/aromatic N) is 1. The predicted octanol–water partition coefficient (Wildman–Crippen LogP) is 14.6. The topological polar surface area (TPSA) is 120 Å². The number of esters is 3. The molecule has 0 radical (unpaired) electrons. The first kappa shape index (κ1) is 60.6. The number of carbonyl (C=O) groups is 4. The molecule has 1 amide bonds. The highest BCUT2D eigenvalue weighted by atomic mass is 16.6. The van der Waals surface area contributed by atoms with E-state index in [1.807, 2.05) is 0 Å². The maximum Gasteiger partial charge on any atom is 0.407 e. The summed E-state index contributed by atoms with van der Waals surface area (Å²) in [4.78, 5) is 53.7. The molecule has 0 saturated carbocycles. The number of allylic oxidation sites excluding steroid dienone is 8. The van der Waals surface area contributed by atoms with Crippen LogP contribution in [0.1, 0.15) is 233 Å². The van der Waals surface area contributed by atoms with Gasteiger partial charge in [-0.1, -0.05) is 153 Å². The van der Waals surface area contributed by atoms with Crippen molar-refractivity contribution in [1.29, 1.82) is 0 Å². The van der Waals surface area contributed by atoms with Crippen molar-refractivity contribution in [3.8, 4) is 0 Å². The first-order valence-electron chi connectivity index (χ1n) is 27.1. The lowest BCUT2D eigenvalue weighted by Gasteiger charge is -2.21. The summed E-state index contributed by atoms with van der Waals surface area (Å²) in [5.41, 5.74) is 0. The van der Waals surface area contributed by atoms with Gasteiger partial charge in [0, 0.05) is 32.4 Å². The predicted molar refractivity (Wildman–Crippen MR) is 272 cm³/mol. The Kier molecular flexibility index (Phi) is 42.9. The normalized spacial score (nSPS) is 13.8. The van der Waals surface area contributed by atoms with Gasteiger partial charge in [0.05, 0.1) is 0 Å². The third-order valence-electron chi connectivity index (χ3n) is 12.0. The Morgan fingerprint density at radius 3 is 1.41 bits per heavy atom. The number of hydrogen-bond acceptors (Lipinski definition) is 9. The van der Waals surface area contributed by atoms with Crippen LogP contribution in [0.2, 0.25) is 0 Å². The van der Waals surface area contributed by atoms with Crippen molar-refractivity contribution in [2.45, 2.75) is 245 Å². The largest absolute Gasteiger partial charge is 0.462 e. The zero-order chi connectivity index (χ0) is 47.8. The lowest BCUT2D eigenvalue weighted by Crippen LogP contribution is -2.36. The molecule has 0 unspecified atom stereocenters. The zero-order valence-corrected chi connectivity index (χ0v) is 42.6. The first-order chi connectivity index (χ1) is 32.4. The maximum atomic E-state index is 13.2. The number of rotatable bonds is 45. The Labute approximate surface area is 403 Å². The minimum atomic E-state index is -0.919. The summed E-state index contributed by atoms with van der Waals surface area (Å²) in [5, 5.41) is 2.88. The van der Waals surface area contributed by atoms with Crippen molar-refractivity contribution in [3.63, 3.8) is 0 Å². The van der Waals surface area contributed by atoms with Crippen LogP contribution in [0.25, 0.3) is 0 Å².